The molecule has 0 saturated carbocycles. The van der Waals surface area contributed by atoms with Gasteiger partial charge in [0, 0.05) is 5.69 Å². The van der Waals surface area contributed by atoms with Crippen LogP contribution in [0.5, 0.6) is 5.75 Å². The Morgan fingerprint density at radius 1 is 1.11 bits per heavy atom. The molecule has 0 aromatic heterocycles. The van der Waals surface area contributed by atoms with Crippen LogP contribution in [0, 0.1) is 0 Å². The van der Waals surface area contributed by atoms with Crippen LogP contribution < -0.4 is 15.8 Å². The Bertz CT molecular complexity index is 535. The van der Waals surface area contributed by atoms with Crippen molar-refractivity contribution in [2.75, 3.05) is 11.9 Å². The minimum Gasteiger partial charge on any atom is -0.494 e. The number of hydrogen-bond donors (Lipinski definition) is 2. The Morgan fingerprint density at radius 2 is 1.79 bits per heavy atom. The lowest BCUT2D eigenvalue weighted by Crippen LogP contribution is -2.21. The predicted octanol–water partition coefficient (Wildman–Crippen LogP) is 3.14. The van der Waals surface area contributed by atoms with Gasteiger partial charge in [-0.05, 0) is 43.3 Å². The van der Waals surface area contributed by atoms with E-state index in [1.54, 1.807) is 0 Å². The van der Waals surface area contributed by atoms with Gasteiger partial charge in [0.05, 0.1) is 12.3 Å². The Kier molecular flexibility index (Phi) is 4.39. The van der Waals surface area contributed by atoms with Gasteiger partial charge >= 0.3 is 0 Å². The summed E-state index contributed by atoms with van der Waals surface area (Å²) in [6.07, 6.45) is 0. The first-order valence-corrected chi connectivity index (χ1v) is 6.17. The summed E-state index contributed by atoms with van der Waals surface area (Å²) in [4.78, 5) is 4.28. The number of ether oxygens (including phenoxy) is 1. The standard InChI is InChI=1S/C15H17N3O/c1-2-19-14-10-8-13(9-11-14)18-15(16)17-12-6-4-3-5-7-12/h3-11H,2H2,1H3,(H3,16,17,18). The van der Waals surface area contributed by atoms with Crippen molar-refractivity contribution in [1.82, 2.24) is 0 Å². The number of benzene rings is 2. The van der Waals surface area contributed by atoms with E-state index >= 15 is 0 Å². The van der Waals surface area contributed by atoms with Crippen LogP contribution in [0.2, 0.25) is 0 Å². The number of rotatable bonds is 4. The van der Waals surface area contributed by atoms with E-state index < -0.39 is 0 Å². The van der Waals surface area contributed by atoms with Crippen molar-refractivity contribution >= 4 is 17.3 Å². The lowest BCUT2D eigenvalue weighted by Gasteiger charge is -2.06. The van der Waals surface area contributed by atoms with Gasteiger partial charge in [-0.15, -0.1) is 0 Å². The Balaban J connectivity index is 2.04. The molecule has 4 heteroatoms. The third kappa shape index (κ3) is 4.03. The molecule has 2 aromatic carbocycles. The summed E-state index contributed by atoms with van der Waals surface area (Å²) < 4.78 is 5.37. The molecule has 19 heavy (non-hydrogen) atoms. The van der Waals surface area contributed by atoms with Gasteiger partial charge in [-0.2, -0.15) is 0 Å². The predicted molar refractivity (Wildman–Crippen MR) is 79.0 cm³/mol. The zero-order chi connectivity index (χ0) is 13.5. The highest BCUT2D eigenvalue weighted by Crippen LogP contribution is 2.18. The molecule has 0 radical (unpaired) electrons. The number of nitrogens with zero attached hydrogens (tertiary/aromatic N) is 1. The summed E-state index contributed by atoms with van der Waals surface area (Å²) >= 11 is 0. The highest BCUT2D eigenvalue weighted by atomic mass is 16.5. The molecule has 0 unspecified atom stereocenters. The van der Waals surface area contributed by atoms with Crippen molar-refractivity contribution in [3.63, 3.8) is 0 Å². The Morgan fingerprint density at radius 3 is 2.42 bits per heavy atom. The summed E-state index contributed by atoms with van der Waals surface area (Å²) in [7, 11) is 0. The minimum atomic E-state index is 0.357. The molecule has 0 aliphatic heterocycles. The maximum atomic E-state index is 5.84. The van der Waals surface area contributed by atoms with E-state index in [1.807, 2.05) is 61.5 Å². The topological polar surface area (TPSA) is 59.6 Å². The number of aliphatic imine (C=N–C) groups is 1. The summed E-state index contributed by atoms with van der Waals surface area (Å²) in [5.74, 6) is 1.19. The van der Waals surface area contributed by atoms with Crippen molar-refractivity contribution in [2.24, 2.45) is 10.7 Å². The van der Waals surface area contributed by atoms with E-state index in [4.69, 9.17) is 10.5 Å². The first-order chi connectivity index (χ1) is 9.28. The zero-order valence-corrected chi connectivity index (χ0v) is 10.8. The molecular formula is C15H17N3O. The second-order valence-corrected chi connectivity index (χ2v) is 3.91. The van der Waals surface area contributed by atoms with Crippen LogP contribution in [0.25, 0.3) is 0 Å². The molecule has 4 nitrogen and oxygen atoms in total. The fourth-order valence-electron chi connectivity index (χ4n) is 1.62. The van der Waals surface area contributed by atoms with Gasteiger partial charge in [-0.25, -0.2) is 4.99 Å². The maximum Gasteiger partial charge on any atom is 0.198 e. The van der Waals surface area contributed by atoms with Gasteiger partial charge in [0.2, 0.25) is 0 Å². The van der Waals surface area contributed by atoms with Crippen LogP contribution in [0.4, 0.5) is 11.4 Å². The largest absolute Gasteiger partial charge is 0.494 e. The van der Waals surface area contributed by atoms with E-state index in [0.717, 1.165) is 17.1 Å². The lowest BCUT2D eigenvalue weighted by molar-refractivity contribution is 0.340. The third-order valence-corrected chi connectivity index (χ3v) is 2.44. The van der Waals surface area contributed by atoms with Crippen LogP contribution in [0.1, 0.15) is 6.92 Å². The van der Waals surface area contributed by atoms with Gasteiger partial charge in [-0.1, -0.05) is 18.2 Å². The van der Waals surface area contributed by atoms with Gasteiger partial charge in [0.1, 0.15) is 5.75 Å². The second kappa shape index (κ2) is 6.44. The Labute approximate surface area is 112 Å². The normalized spacial score (nSPS) is 11.1. The van der Waals surface area contributed by atoms with Gasteiger partial charge < -0.3 is 15.8 Å². The summed E-state index contributed by atoms with van der Waals surface area (Å²) in [6.45, 7) is 2.61. The SMILES string of the molecule is CCOc1ccc(N=C(N)Nc2ccccc2)cc1. The molecule has 0 heterocycles. The highest BCUT2D eigenvalue weighted by Gasteiger charge is 1.96. The van der Waals surface area contributed by atoms with E-state index in [0.29, 0.717) is 12.6 Å². The van der Waals surface area contributed by atoms with Gasteiger partial charge in [0.25, 0.3) is 0 Å². The van der Waals surface area contributed by atoms with E-state index in [9.17, 15) is 0 Å². The molecule has 0 fully saturated rings. The van der Waals surface area contributed by atoms with Crippen LogP contribution in [0.15, 0.2) is 59.6 Å². The van der Waals surface area contributed by atoms with E-state index in [1.165, 1.54) is 0 Å². The molecule has 2 aromatic rings. The number of guanidine groups is 1. The quantitative estimate of drug-likeness (QED) is 0.651. The molecule has 0 atom stereocenters. The average Bonchev–Trinajstić information content (AvgIpc) is 2.42. The monoisotopic (exact) mass is 255 g/mol. The third-order valence-electron chi connectivity index (χ3n) is 2.44. The molecule has 0 aliphatic rings. The molecule has 0 bridgehead atoms. The number of hydrogen-bond acceptors (Lipinski definition) is 2. The summed E-state index contributed by atoms with van der Waals surface area (Å²) in [5, 5.41) is 3.03. The highest BCUT2D eigenvalue weighted by molar-refractivity contribution is 5.93. The fourth-order valence-corrected chi connectivity index (χ4v) is 1.62. The van der Waals surface area contributed by atoms with Crippen molar-refractivity contribution in [1.29, 1.82) is 0 Å². The second-order valence-electron chi connectivity index (χ2n) is 3.91. The number of anilines is 1. The first-order valence-electron chi connectivity index (χ1n) is 6.17. The van der Waals surface area contributed by atoms with E-state index in [-0.39, 0.29) is 0 Å². The number of nitrogens with one attached hydrogen (secondary N) is 1. The minimum absolute atomic E-state index is 0.357. The average molecular weight is 255 g/mol. The van der Waals surface area contributed by atoms with Crippen LogP contribution in [0.3, 0.4) is 0 Å². The first kappa shape index (κ1) is 13.0. The zero-order valence-electron chi connectivity index (χ0n) is 10.8. The molecule has 3 N–H and O–H groups in total. The fraction of sp³-hybridized carbons (Fsp3) is 0.133. The van der Waals surface area contributed by atoms with Crippen LogP contribution in [-0.2, 0) is 0 Å². The van der Waals surface area contributed by atoms with Crippen molar-refractivity contribution in [3.8, 4) is 5.75 Å². The van der Waals surface area contributed by atoms with Crippen LogP contribution >= 0.6 is 0 Å². The summed E-state index contributed by atoms with van der Waals surface area (Å²) in [6, 6.07) is 17.2. The van der Waals surface area contributed by atoms with Gasteiger partial charge in [0.15, 0.2) is 5.96 Å². The Hall–Kier alpha value is -2.49. The van der Waals surface area contributed by atoms with Crippen molar-refractivity contribution < 1.29 is 4.74 Å². The van der Waals surface area contributed by atoms with Crippen molar-refractivity contribution in [2.45, 2.75) is 6.92 Å². The molecule has 0 saturated heterocycles. The molecule has 0 spiro atoms. The molecule has 0 aliphatic carbocycles. The molecule has 0 amide bonds. The maximum absolute atomic E-state index is 5.84. The molecular weight excluding hydrogens is 238 g/mol. The summed E-state index contributed by atoms with van der Waals surface area (Å²) in [5.41, 5.74) is 7.54. The smallest absolute Gasteiger partial charge is 0.198 e. The van der Waals surface area contributed by atoms with E-state index in [2.05, 4.69) is 10.3 Å². The van der Waals surface area contributed by atoms with Gasteiger partial charge in [-0.3, -0.25) is 0 Å². The number of nitrogens with two attached hydrogens (primary N) is 1. The van der Waals surface area contributed by atoms with Crippen molar-refractivity contribution in [3.05, 3.63) is 54.6 Å². The number of para-hydroxylation sites is 1. The lowest BCUT2D eigenvalue weighted by atomic mass is 10.3. The van der Waals surface area contributed by atoms with Crippen LogP contribution in [-0.4, -0.2) is 12.6 Å². The molecule has 98 valence electrons. The molecule has 2 rings (SSSR count).